The molecule has 0 spiro atoms. The van der Waals surface area contributed by atoms with E-state index in [1.165, 1.54) is 24.9 Å². The average Bonchev–Trinajstić information content (AvgIpc) is 2.40. The lowest BCUT2D eigenvalue weighted by atomic mass is 10.0. The first-order valence-electron chi connectivity index (χ1n) is 6.90. The number of piperidine rings is 1. The van der Waals surface area contributed by atoms with Gasteiger partial charge in [-0.15, -0.1) is 0 Å². The summed E-state index contributed by atoms with van der Waals surface area (Å²) in [4.78, 5) is 2.53. The Morgan fingerprint density at radius 1 is 1.44 bits per heavy atom. The maximum atomic E-state index is 5.27. The zero-order chi connectivity index (χ0) is 12.8. The topological polar surface area (TPSA) is 24.5 Å². The number of benzene rings is 1. The van der Waals surface area contributed by atoms with Gasteiger partial charge < -0.3 is 10.1 Å². The van der Waals surface area contributed by atoms with Gasteiger partial charge in [0.1, 0.15) is 5.75 Å². The molecule has 1 aromatic carbocycles. The molecular weight excluding hydrogens is 224 g/mol. The summed E-state index contributed by atoms with van der Waals surface area (Å²) in [5.74, 6) is 0.952. The van der Waals surface area contributed by atoms with Gasteiger partial charge in [0.05, 0.1) is 7.11 Å². The fourth-order valence-corrected chi connectivity index (χ4v) is 2.68. The number of hydrogen-bond donors (Lipinski definition) is 1. The maximum absolute atomic E-state index is 5.27. The largest absolute Gasteiger partial charge is 0.497 e. The number of ether oxygens (including phenoxy) is 1. The number of likely N-dealkylation sites (tertiary alicyclic amines) is 1. The third kappa shape index (κ3) is 3.72. The highest BCUT2D eigenvalue weighted by atomic mass is 16.5. The first kappa shape index (κ1) is 13.4. The highest BCUT2D eigenvalue weighted by Gasteiger charge is 2.18. The summed E-state index contributed by atoms with van der Waals surface area (Å²) in [5, 5.41) is 3.56. The molecule has 0 saturated carbocycles. The smallest absolute Gasteiger partial charge is 0.119 e. The Morgan fingerprint density at radius 3 is 3.11 bits per heavy atom. The van der Waals surface area contributed by atoms with Crippen molar-refractivity contribution in [3.05, 3.63) is 29.8 Å². The molecule has 1 unspecified atom stereocenters. The van der Waals surface area contributed by atoms with Crippen LogP contribution in [-0.2, 0) is 6.54 Å². The Balaban J connectivity index is 1.91. The minimum Gasteiger partial charge on any atom is -0.497 e. The highest BCUT2D eigenvalue weighted by molar-refractivity contribution is 5.28. The molecule has 0 aliphatic carbocycles. The van der Waals surface area contributed by atoms with Crippen molar-refractivity contribution in [1.82, 2.24) is 10.2 Å². The quantitative estimate of drug-likeness (QED) is 0.865. The van der Waals surface area contributed by atoms with E-state index in [2.05, 4.69) is 35.3 Å². The number of likely N-dealkylation sites (N-methyl/N-ethyl adjacent to an activating group) is 1. The summed E-state index contributed by atoms with van der Waals surface area (Å²) < 4.78 is 5.27. The van der Waals surface area contributed by atoms with Crippen molar-refractivity contribution < 1.29 is 4.74 Å². The van der Waals surface area contributed by atoms with Crippen molar-refractivity contribution in [2.45, 2.75) is 32.4 Å². The summed E-state index contributed by atoms with van der Waals surface area (Å²) in [5.41, 5.74) is 1.34. The summed E-state index contributed by atoms with van der Waals surface area (Å²) in [6.07, 6.45) is 2.60. The number of nitrogens with zero attached hydrogens (tertiary/aromatic N) is 1. The Bertz CT molecular complexity index is 365. The van der Waals surface area contributed by atoms with E-state index in [-0.39, 0.29) is 0 Å². The van der Waals surface area contributed by atoms with Crippen LogP contribution in [0.2, 0.25) is 0 Å². The SMILES string of the molecule is CCNC1CCCN(Cc2cccc(OC)c2)C1. The standard InChI is InChI=1S/C15H24N2O/c1-3-16-14-7-5-9-17(12-14)11-13-6-4-8-15(10-13)18-2/h4,6,8,10,14,16H,3,5,7,9,11-12H2,1-2H3. The molecule has 0 amide bonds. The third-order valence-electron chi connectivity index (χ3n) is 3.54. The van der Waals surface area contributed by atoms with Gasteiger partial charge in [-0.1, -0.05) is 19.1 Å². The second-order valence-corrected chi connectivity index (χ2v) is 4.98. The third-order valence-corrected chi connectivity index (χ3v) is 3.54. The lowest BCUT2D eigenvalue weighted by Gasteiger charge is -2.33. The molecule has 1 fully saturated rings. The van der Waals surface area contributed by atoms with Crippen LogP contribution in [0.3, 0.4) is 0 Å². The summed E-state index contributed by atoms with van der Waals surface area (Å²) >= 11 is 0. The van der Waals surface area contributed by atoms with E-state index >= 15 is 0 Å². The second kappa shape index (κ2) is 6.76. The molecule has 0 aromatic heterocycles. The predicted molar refractivity (Wildman–Crippen MR) is 75.0 cm³/mol. The molecule has 3 heteroatoms. The van der Waals surface area contributed by atoms with E-state index in [1.807, 2.05) is 6.07 Å². The van der Waals surface area contributed by atoms with Crippen molar-refractivity contribution >= 4 is 0 Å². The fraction of sp³-hybridized carbons (Fsp3) is 0.600. The van der Waals surface area contributed by atoms with Crippen molar-refractivity contribution in [3.8, 4) is 5.75 Å². The van der Waals surface area contributed by atoms with Crippen LogP contribution in [0.25, 0.3) is 0 Å². The minimum atomic E-state index is 0.661. The lowest BCUT2D eigenvalue weighted by molar-refractivity contribution is 0.184. The van der Waals surface area contributed by atoms with Crippen LogP contribution in [0.1, 0.15) is 25.3 Å². The Kier molecular flexibility index (Phi) is 5.02. The molecule has 0 radical (unpaired) electrons. The van der Waals surface area contributed by atoms with Crippen molar-refractivity contribution in [1.29, 1.82) is 0 Å². The van der Waals surface area contributed by atoms with Crippen molar-refractivity contribution in [3.63, 3.8) is 0 Å². The van der Waals surface area contributed by atoms with E-state index in [9.17, 15) is 0 Å². The van der Waals surface area contributed by atoms with Crippen molar-refractivity contribution in [2.75, 3.05) is 26.7 Å². The van der Waals surface area contributed by atoms with Crippen LogP contribution >= 0.6 is 0 Å². The van der Waals surface area contributed by atoms with E-state index in [4.69, 9.17) is 4.74 Å². The van der Waals surface area contributed by atoms with Gasteiger partial charge in [0, 0.05) is 19.1 Å². The Labute approximate surface area is 110 Å². The first-order valence-corrected chi connectivity index (χ1v) is 6.90. The molecule has 1 saturated heterocycles. The molecule has 0 bridgehead atoms. The van der Waals surface area contributed by atoms with Gasteiger partial charge in [0.2, 0.25) is 0 Å². The van der Waals surface area contributed by atoms with E-state index in [0.717, 1.165) is 25.4 Å². The van der Waals surface area contributed by atoms with E-state index in [1.54, 1.807) is 7.11 Å². The molecule has 1 N–H and O–H groups in total. The summed E-state index contributed by atoms with van der Waals surface area (Å²) in [6, 6.07) is 9.05. The molecule has 2 rings (SSSR count). The van der Waals surface area contributed by atoms with Gasteiger partial charge >= 0.3 is 0 Å². The molecule has 100 valence electrons. The summed E-state index contributed by atoms with van der Waals surface area (Å²) in [7, 11) is 1.72. The van der Waals surface area contributed by atoms with E-state index in [0.29, 0.717) is 6.04 Å². The van der Waals surface area contributed by atoms with Crippen LogP contribution in [0.4, 0.5) is 0 Å². The molecule has 1 aliphatic rings. The lowest BCUT2D eigenvalue weighted by Crippen LogP contribution is -2.45. The Hall–Kier alpha value is -1.06. The molecule has 18 heavy (non-hydrogen) atoms. The highest BCUT2D eigenvalue weighted by Crippen LogP contribution is 2.17. The zero-order valence-corrected chi connectivity index (χ0v) is 11.5. The van der Waals surface area contributed by atoms with Crippen LogP contribution < -0.4 is 10.1 Å². The Morgan fingerprint density at radius 2 is 2.33 bits per heavy atom. The predicted octanol–water partition coefficient (Wildman–Crippen LogP) is 2.27. The number of hydrogen-bond acceptors (Lipinski definition) is 3. The molecular formula is C15H24N2O. The minimum absolute atomic E-state index is 0.661. The molecule has 3 nitrogen and oxygen atoms in total. The second-order valence-electron chi connectivity index (χ2n) is 4.98. The van der Waals surface area contributed by atoms with Gasteiger partial charge in [-0.05, 0) is 43.6 Å². The van der Waals surface area contributed by atoms with Crippen LogP contribution in [0.15, 0.2) is 24.3 Å². The number of methoxy groups -OCH3 is 1. The van der Waals surface area contributed by atoms with Crippen LogP contribution in [-0.4, -0.2) is 37.7 Å². The molecule has 1 aliphatic heterocycles. The van der Waals surface area contributed by atoms with E-state index < -0.39 is 0 Å². The number of nitrogens with one attached hydrogen (secondary N) is 1. The molecule has 1 aromatic rings. The maximum Gasteiger partial charge on any atom is 0.119 e. The first-order chi connectivity index (χ1) is 8.81. The molecule has 1 heterocycles. The zero-order valence-electron chi connectivity index (χ0n) is 11.5. The van der Waals surface area contributed by atoms with Gasteiger partial charge in [-0.25, -0.2) is 0 Å². The van der Waals surface area contributed by atoms with Gasteiger partial charge in [0.15, 0.2) is 0 Å². The number of rotatable bonds is 5. The fourth-order valence-electron chi connectivity index (χ4n) is 2.68. The van der Waals surface area contributed by atoms with Crippen LogP contribution in [0, 0.1) is 0 Å². The van der Waals surface area contributed by atoms with Gasteiger partial charge in [-0.2, -0.15) is 0 Å². The average molecular weight is 248 g/mol. The van der Waals surface area contributed by atoms with Crippen molar-refractivity contribution in [2.24, 2.45) is 0 Å². The van der Waals surface area contributed by atoms with Crippen LogP contribution in [0.5, 0.6) is 5.75 Å². The van der Waals surface area contributed by atoms with Gasteiger partial charge in [-0.3, -0.25) is 4.90 Å². The van der Waals surface area contributed by atoms with Gasteiger partial charge in [0.25, 0.3) is 0 Å². The normalized spacial score (nSPS) is 20.9. The monoisotopic (exact) mass is 248 g/mol. The molecule has 1 atom stereocenters. The summed E-state index contributed by atoms with van der Waals surface area (Å²) in [6.45, 7) is 6.64.